The molecule has 1 nitrogen and oxygen atoms in total. The first-order chi connectivity index (χ1) is 6.76. The van der Waals surface area contributed by atoms with Gasteiger partial charge < -0.3 is 5.73 Å². The summed E-state index contributed by atoms with van der Waals surface area (Å²) in [4.78, 5) is 0. The standard InChI is InChI=1S/C13H27N/c1-3-4-11(2)9-12-5-7-13(10-14)8-6-12/h11-13H,3-10,14H2,1-2H3/t11?,12-,13-. The zero-order valence-electron chi connectivity index (χ0n) is 9.97. The summed E-state index contributed by atoms with van der Waals surface area (Å²) in [5.74, 6) is 2.80. The van der Waals surface area contributed by atoms with Crippen molar-refractivity contribution in [3.8, 4) is 0 Å². The topological polar surface area (TPSA) is 26.0 Å². The van der Waals surface area contributed by atoms with Crippen molar-refractivity contribution in [2.45, 2.75) is 58.8 Å². The maximum atomic E-state index is 5.70. The third-order valence-electron chi connectivity index (χ3n) is 3.82. The highest BCUT2D eigenvalue weighted by molar-refractivity contribution is 4.74. The van der Waals surface area contributed by atoms with Crippen LogP contribution in [0.5, 0.6) is 0 Å². The molecule has 0 spiro atoms. The average Bonchev–Trinajstić information content (AvgIpc) is 2.19. The number of nitrogens with two attached hydrogens (primary N) is 1. The minimum atomic E-state index is 0.840. The van der Waals surface area contributed by atoms with E-state index in [4.69, 9.17) is 5.73 Å². The Kier molecular flexibility index (Phi) is 5.54. The Morgan fingerprint density at radius 3 is 2.21 bits per heavy atom. The van der Waals surface area contributed by atoms with Crippen molar-refractivity contribution in [2.24, 2.45) is 23.5 Å². The molecule has 1 unspecified atom stereocenters. The molecule has 0 aromatic carbocycles. The van der Waals surface area contributed by atoms with Crippen LogP contribution in [-0.4, -0.2) is 6.54 Å². The molecule has 1 saturated carbocycles. The molecule has 0 amide bonds. The van der Waals surface area contributed by atoms with E-state index in [1.165, 1.54) is 44.9 Å². The van der Waals surface area contributed by atoms with Crippen LogP contribution in [0.2, 0.25) is 0 Å². The zero-order chi connectivity index (χ0) is 10.4. The third kappa shape index (κ3) is 4.00. The summed E-state index contributed by atoms with van der Waals surface area (Å²) >= 11 is 0. The quantitative estimate of drug-likeness (QED) is 0.716. The molecule has 0 saturated heterocycles. The van der Waals surface area contributed by atoms with Gasteiger partial charge in [-0.1, -0.05) is 39.5 Å². The molecule has 0 aromatic rings. The molecule has 0 aliphatic heterocycles. The van der Waals surface area contributed by atoms with Crippen LogP contribution in [0.4, 0.5) is 0 Å². The molecule has 1 aliphatic rings. The second kappa shape index (κ2) is 6.44. The van der Waals surface area contributed by atoms with Gasteiger partial charge in [0, 0.05) is 0 Å². The summed E-state index contributed by atoms with van der Waals surface area (Å²) in [7, 11) is 0. The minimum absolute atomic E-state index is 0.840. The van der Waals surface area contributed by atoms with E-state index < -0.39 is 0 Å². The lowest BCUT2D eigenvalue weighted by Crippen LogP contribution is -2.22. The van der Waals surface area contributed by atoms with Crippen molar-refractivity contribution in [1.29, 1.82) is 0 Å². The Bertz CT molecular complexity index is 136. The maximum Gasteiger partial charge on any atom is -0.00489 e. The van der Waals surface area contributed by atoms with Gasteiger partial charge in [0.25, 0.3) is 0 Å². The SMILES string of the molecule is CCCC(C)C[C@H]1CC[C@H](CN)CC1. The van der Waals surface area contributed by atoms with Gasteiger partial charge in [-0.15, -0.1) is 0 Å². The Labute approximate surface area is 89.5 Å². The highest BCUT2D eigenvalue weighted by atomic mass is 14.5. The van der Waals surface area contributed by atoms with Gasteiger partial charge in [-0.05, 0) is 43.6 Å². The molecular formula is C13H27N. The molecule has 84 valence electrons. The molecule has 1 rings (SSSR count). The molecular weight excluding hydrogens is 170 g/mol. The second-order valence-electron chi connectivity index (χ2n) is 5.25. The Morgan fingerprint density at radius 2 is 1.71 bits per heavy atom. The van der Waals surface area contributed by atoms with Crippen LogP contribution < -0.4 is 5.73 Å². The van der Waals surface area contributed by atoms with E-state index in [-0.39, 0.29) is 0 Å². The predicted molar refractivity (Wildman–Crippen MR) is 63.2 cm³/mol. The van der Waals surface area contributed by atoms with Crippen LogP contribution in [0.3, 0.4) is 0 Å². The van der Waals surface area contributed by atoms with Crippen molar-refractivity contribution in [1.82, 2.24) is 0 Å². The van der Waals surface area contributed by atoms with Crippen LogP contribution in [-0.2, 0) is 0 Å². The van der Waals surface area contributed by atoms with Gasteiger partial charge in [-0.3, -0.25) is 0 Å². The minimum Gasteiger partial charge on any atom is -0.330 e. The normalized spacial score (nSPS) is 30.2. The Hall–Kier alpha value is -0.0400. The Morgan fingerprint density at radius 1 is 1.14 bits per heavy atom. The van der Waals surface area contributed by atoms with E-state index >= 15 is 0 Å². The van der Waals surface area contributed by atoms with Crippen LogP contribution in [0, 0.1) is 17.8 Å². The van der Waals surface area contributed by atoms with Crippen molar-refractivity contribution in [3.63, 3.8) is 0 Å². The lowest BCUT2D eigenvalue weighted by atomic mass is 9.78. The smallest absolute Gasteiger partial charge is 0.00489 e. The van der Waals surface area contributed by atoms with Gasteiger partial charge in [0.15, 0.2) is 0 Å². The van der Waals surface area contributed by atoms with E-state index in [2.05, 4.69) is 13.8 Å². The first-order valence-corrected chi connectivity index (χ1v) is 6.46. The fourth-order valence-electron chi connectivity index (χ4n) is 2.88. The molecule has 1 atom stereocenters. The van der Waals surface area contributed by atoms with Crippen LogP contribution in [0.15, 0.2) is 0 Å². The predicted octanol–water partition coefficient (Wildman–Crippen LogP) is 3.58. The Balaban J connectivity index is 2.15. The molecule has 1 aliphatic carbocycles. The van der Waals surface area contributed by atoms with E-state index in [0.717, 1.165) is 24.3 Å². The third-order valence-corrected chi connectivity index (χ3v) is 3.82. The maximum absolute atomic E-state index is 5.70. The fraction of sp³-hybridized carbons (Fsp3) is 1.00. The zero-order valence-corrected chi connectivity index (χ0v) is 9.97. The summed E-state index contributed by atoms with van der Waals surface area (Å²) in [5.41, 5.74) is 5.70. The summed E-state index contributed by atoms with van der Waals surface area (Å²) in [6.45, 7) is 5.62. The first kappa shape index (κ1) is 12.0. The van der Waals surface area contributed by atoms with E-state index in [1.54, 1.807) is 0 Å². The van der Waals surface area contributed by atoms with Crippen molar-refractivity contribution < 1.29 is 0 Å². The largest absolute Gasteiger partial charge is 0.330 e. The molecule has 0 aromatic heterocycles. The van der Waals surface area contributed by atoms with Gasteiger partial charge in [-0.25, -0.2) is 0 Å². The molecule has 1 fully saturated rings. The molecule has 1 heteroatoms. The van der Waals surface area contributed by atoms with Crippen molar-refractivity contribution in [2.75, 3.05) is 6.54 Å². The summed E-state index contributed by atoms with van der Waals surface area (Å²) in [5, 5.41) is 0. The first-order valence-electron chi connectivity index (χ1n) is 6.46. The van der Waals surface area contributed by atoms with Gasteiger partial charge >= 0.3 is 0 Å². The van der Waals surface area contributed by atoms with Gasteiger partial charge in [0.2, 0.25) is 0 Å². The monoisotopic (exact) mass is 197 g/mol. The second-order valence-corrected chi connectivity index (χ2v) is 5.25. The number of rotatable bonds is 5. The van der Waals surface area contributed by atoms with E-state index in [1.807, 2.05) is 0 Å². The number of hydrogen-bond donors (Lipinski definition) is 1. The highest BCUT2D eigenvalue weighted by Crippen LogP contribution is 2.32. The molecule has 0 radical (unpaired) electrons. The lowest BCUT2D eigenvalue weighted by molar-refractivity contribution is 0.239. The summed E-state index contributed by atoms with van der Waals surface area (Å²) in [6, 6.07) is 0. The lowest BCUT2D eigenvalue weighted by Gasteiger charge is -2.29. The van der Waals surface area contributed by atoms with Crippen molar-refractivity contribution in [3.05, 3.63) is 0 Å². The summed E-state index contributed by atoms with van der Waals surface area (Å²) in [6.07, 6.45) is 9.88. The van der Waals surface area contributed by atoms with Crippen LogP contribution in [0.1, 0.15) is 58.8 Å². The summed E-state index contributed by atoms with van der Waals surface area (Å²) < 4.78 is 0. The molecule has 2 N–H and O–H groups in total. The van der Waals surface area contributed by atoms with Gasteiger partial charge in [-0.2, -0.15) is 0 Å². The molecule has 0 bridgehead atoms. The molecule has 14 heavy (non-hydrogen) atoms. The number of hydrogen-bond acceptors (Lipinski definition) is 1. The van der Waals surface area contributed by atoms with Gasteiger partial charge in [0.1, 0.15) is 0 Å². The van der Waals surface area contributed by atoms with E-state index in [0.29, 0.717) is 0 Å². The van der Waals surface area contributed by atoms with E-state index in [9.17, 15) is 0 Å². The van der Waals surface area contributed by atoms with Crippen LogP contribution >= 0.6 is 0 Å². The fourth-order valence-corrected chi connectivity index (χ4v) is 2.88. The van der Waals surface area contributed by atoms with Crippen LogP contribution in [0.25, 0.3) is 0 Å². The molecule has 0 heterocycles. The van der Waals surface area contributed by atoms with Gasteiger partial charge in [0.05, 0.1) is 0 Å². The van der Waals surface area contributed by atoms with Crippen molar-refractivity contribution >= 4 is 0 Å². The average molecular weight is 197 g/mol. The highest BCUT2D eigenvalue weighted by Gasteiger charge is 2.21.